The van der Waals surface area contributed by atoms with Crippen molar-refractivity contribution in [2.24, 2.45) is 0 Å². The highest BCUT2D eigenvalue weighted by Crippen LogP contribution is 2.37. The SMILES string of the molecule is COc1ccc([C@H]2NC(=O)CO[C@@H]2C(=O)N2C3CCCCC2CCC3)cc1OC. The molecule has 3 saturated heterocycles. The van der Waals surface area contributed by atoms with Gasteiger partial charge in [0.1, 0.15) is 6.61 Å². The maximum absolute atomic E-state index is 13.7. The number of amides is 2. The van der Waals surface area contributed by atoms with Crippen LogP contribution in [-0.4, -0.2) is 55.7 Å². The first-order valence-electron chi connectivity index (χ1n) is 10.6. The minimum absolute atomic E-state index is 0.00128. The first-order valence-corrected chi connectivity index (χ1v) is 10.6. The molecule has 1 aromatic rings. The van der Waals surface area contributed by atoms with Gasteiger partial charge in [-0.3, -0.25) is 9.59 Å². The summed E-state index contributed by atoms with van der Waals surface area (Å²) in [6, 6.07) is 5.48. The number of nitrogens with one attached hydrogen (secondary N) is 1. The van der Waals surface area contributed by atoms with E-state index in [4.69, 9.17) is 14.2 Å². The average molecular weight is 402 g/mol. The third-order valence-corrected chi connectivity index (χ3v) is 6.46. The lowest BCUT2D eigenvalue weighted by Gasteiger charge is -2.44. The molecular weight excluding hydrogens is 372 g/mol. The van der Waals surface area contributed by atoms with Gasteiger partial charge in [0.2, 0.25) is 5.91 Å². The van der Waals surface area contributed by atoms with Gasteiger partial charge in [0, 0.05) is 12.1 Å². The Morgan fingerprint density at radius 1 is 1.03 bits per heavy atom. The van der Waals surface area contributed by atoms with Gasteiger partial charge in [-0.25, -0.2) is 0 Å². The zero-order valence-corrected chi connectivity index (χ0v) is 17.2. The first kappa shape index (κ1) is 20.0. The van der Waals surface area contributed by atoms with Crippen LogP contribution in [0.25, 0.3) is 0 Å². The van der Waals surface area contributed by atoms with Crippen LogP contribution in [0.1, 0.15) is 56.6 Å². The summed E-state index contributed by atoms with van der Waals surface area (Å²) in [4.78, 5) is 27.9. The second kappa shape index (κ2) is 8.61. The molecule has 4 atom stereocenters. The van der Waals surface area contributed by atoms with Crippen LogP contribution in [0, 0.1) is 0 Å². The molecule has 7 nitrogen and oxygen atoms in total. The number of piperidine rings is 1. The molecule has 29 heavy (non-hydrogen) atoms. The Balaban J connectivity index is 1.64. The smallest absolute Gasteiger partial charge is 0.254 e. The molecule has 158 valence electrons. The summed E-state index contributed by atoms with van der Waals surface area (Å²) in [6.45, 7) is -0.0939. The summed E-state index contributed by atoms with van der Waals surface area (Å²) in [5.74, 6) is 0.943. The molecule has 0 aliphatic carbocycles. The van der Waals surface area contributed by atoms with E-state index in [2.05, 4.69) is 10.2 Å². The Morgan fingerprint density at radius 3 is 2.34 bits per heavy atom. The van der Waals surface area contributed by atoms with E-state index in [1.807, 2.05) is 12.1 Å². The van der Waals surface area contributed by atoms with Crippen molar-refractivity contribution in [3.63, 3.8) is 0 Å². The van der Waals surface area contributed by atoms with Crippen molar-refractivity contribution < 1.29 is 23.8 Å². The number of hydrogen-bond donors (Lipinski definition) is 1. The molecule has 0 radical (unpaired) electrons. The number of ether oxygens (including phenoxy) is 3. The zero-order chi connectivity index (χ0) is 20.4. The number of hydrogen-bond acceptors (Lipinski definition) is 5. The zero-order valence-electron chi connectivity index (χ0n) is 17.2. The molecule has 3 aliphatic heterocycles. The number of morpholine rings is 1. The van der Waals surface area contributed by atoms with Gasteiger partial charge >= 0.3 is 0 Å². The molecule has 2 amide bonds. The lowest BCUT2D eigenvalue weighted by Crippen LogP contribution is -2.58. The molecule has 3 heterocycles. The maximum atomic E-state index is 13.7. The van der Waals surface area contributed by atoms with E-state index in [9.17, 15) is 9.59 Å². The highest BCUT2D eigenvalue weighted by Gasteiger charge is 2.44. The molecule has 0 saturated carbocycles. The Morgan fingerprint density at radius 2 is 1.69 bits per heavy atom. The van der Waals surface area contributed by atoms with E-state index in [-0.39, 0.29) is 30.5 Å². The minimum atomic E-state index is -0.730. The van der Waals surface area contributed by atoms with Crippen molar-refractivity contribution in [1.29, 1.82) is 0 Å². The molecule has 4 rings (SSSR count). The third-order valence-electron chi connectivity index (χ3n) is 6.46. The van der Waals surface area contributed by atoms with Gasteiger partial charge in [-0.1, -0.05) is 18.9 Å². The van der Waals surface area contributed by atoms with Crippen LogP contribution >= 0.6 is 0 Å². The summed E-state index contributed by atoms with van der Waals surface area (Å²) in [5.41, 5.74) is 0.772. The Kier molecular flexibility index (Phi) is 5.94. The predicted octanol–water partition coefficient (Wildman–Crippen LogP) is 2.58. The van der Waals surface area contributed by atoms with Gasteiger partial charge < -0.3 is 24.4 Å². The summed E-state index contributed by atoms with van der Waals surface area (Å²) >= 11 is 0. The van der Waals surface area contributed by atoms with Gasteiger partial charge in [-0.2, -0.15) is 0 Å². The molecule has 1 N–H and O–H groups in total. The van der Waals surface area contributed by atoms with Crippen LogP contribution in [0.15, 0.2) is 18.2 Å². The summed E-state index contributed by atoms with van der Waals surface area (Å²) in [7, 11) is 3.14. The van der Waals surface area contributed by atoms with E-state index in [0.29, 0.717) is 11.5 Å². The lowest BCUT2D eigenvalue weighted by molar-refractivity contribution is -0.160. The van der Waals surface area contributed by atoms with Crippen molar-refractivity contribution >= 4 is 11.8 Å². The molecule has 1 aromatic carbocycles. The standard InChI is InChI=1S/C22H30N2O5/c1-27-17-11-10-14(12-18(17)28-2)20-21(29-13-19(25)23-20)22(26)24-15-6-3-4-7-16(24)9-5-8-15/h10-12,15-16,20-21H,3-9,13H2,1-2H3,(H,23,25)/t15?,16?,20-,21+/m1/s1. The number of methoxy groups -OCH3 is 2. The quantitative estimate of drug-likeness (QED) is 0.838. The van der Waals surface area contributed by atoms with Gasteiger partial charge in [-0.15, -0.1) is 0 Å². The van der Waals surface area contributed by atoms with Crippen LogP contribution in [0.3, 0.4) is 0 Å². The fourth-order valence-electron chi connectivity index (χ4n) is 5.07. The number of carbonyl (C=O) groups excluding carboxylic acids is 2. The normalized spacial score (nSPS) is 29.6. The van der Waals surface area contributed by atoms with Crippen LogP contribution < -0.4 is 14.8 Å². The van der Waals surface area contributed by atoms with Crippen LogP contribution in [-0.2, 0) is 14.3 Å². The van der Waals surface area contributed by atoms with Crippen molar-refractivity contribution in [1.82, 2.24) is 10.2 Å². The molecule has 2 unspecified atom stereocenters. The van der Waals surface area contributed by atoms with Crippen molar-refractivity contribution in [2.75, 3.05) is 20.8 Å². The highest BCUT2D eigenvalue weighted by atomic mass is 16.5. The summed E-state index contributed by atoms with van der Waals surface area (Å²) in [6.07, 6.45) is 7.03. The molecule has 0 spiro atoms. The lowest BCUT2D eigenvalue weighted by atomic mass is 9.91. The van der Waals surface area contributed by atoms with E-state index >= 15 is 0 Å². The van der Waals surface area contributed by atoms with Crippen LogP contribution in [0.4, 0.5) is 0 Å². The highest BCUT2D eigenvalue weighted by molar-refractivity contribution is 5.87. The van der Waals surface area contributed by atoms with Crippen molar-refractivity contribution in [3.05, 3.63) is 23.8 Å². The molecular formula is C22H30N2O5. The topological polar surface area (TPSA) is 77.1 Å². The number of carbonyl (C=O) groups is 2. The predicted molar refractivity (Wildman–Crippen MR) is 107 cm³/mol. The van der Waals surface area contributed by atoms with Crippen molar-refractivity contribution in [2.45, 2.75) is 69.2 Å². The molecule has 3 aliphatic rings. The maximum Gasteiger partial charge on any atom is 0.254 e. The van der Waals surface area contributed by atoms with E-state index in [1.54, 1.807) is 20.3 Å². The second-order valence-corrected chi connectivity index (χ2v) is 8.16. The monoisotopic (exact) mass is 402 g/mol. The van der Waals surface area contributed by atoms with Gasteiger partial charge in [-0.05, 0) is 49.8 Å². The van der Waals surface area contributed by atoms with E-state index < -0.39 is 12.1 Å². The number of fused-ring (bicyclic) bond motifs is 2. The fraction of sp³-hybridized carbons (Fsp3) is 0.636. The van der Waals surface area contributed by atoms with Crippen LogP contribution in [0.2, 0.25) is 0 Å². The van der Waals surface area contributed by atoms with Gasteiger partial charge in [0.25, 0.3) is 5.91 Å². The van der Waals surface area contributed by atoms with Gasteiger partial charge in [0.15, 0.2) is 17.6 Å². The number of rotatable bonds is 4. The largest absolute Gasteiger partial charge is 0.493 e. The average Bonchev–Trinajstić information content (AvgIpc) is 2.87. The Labute approximate surface area is 171 Å². The minimum Gasteiger partial charge on any atom is -0.493 e. The Hall–Kier alpha value is -2.28. The third kappa shape index (κ3) is 3.92. The van der Waals surface area contributed by atoms with Crippen molar-refractivity contribution in [3.8, 4) is 11.5 Å². The first-order chi connectivity index (χ1) is 14.1. The van der Waals surface area contributed by atoms with Gasteiger partial charge in [0.05, 0.1) is 20.3 Å². The van der Waals surface area contributed by atoms with Crippen LogP contribution in [0.5, 0.6) is 11.5 Å². The number of nitrogens with zero attached hydrogens (tertiary/aromatic N) is 1. The molecule has 0 aromatic heterocycles. The molecule has 7 heteroatoms. The van der Waals surface area contributed by atoms with E-state index in [0.717, 1.165) is 31.2 Å². The fourth-order valence-corrected chi connectivity index (χ4v) is 5.07. The molecule has 2 bridgehead atoms. The molecule has 3 fully saturated rings. The summed E-state index contributed by atoms with van der Waals surface area (Å²) in [5, 5.41) is 2.97. The Bertz CT molecular complexity index is 754. The number of benzene rings is 1. The second-order valence-electron chi connectivity index (χ2n) is 8.16. The summed E-state index contributed by atoms with van der Waals surface area (Å²) < 4.78 is 16.6. The van der Waals surface area contributed by atoms with E-state index in [1.165, 1.54) is 19.3 Å².